The van der Waals surface area contributed by atoms with Gasteiger partial charge in [-0.2, -0.15) is 13.2 Å². The molecule has 1 saturated heterocycles. The number of nitrogens with zero attached hydrogens (tertiary/aromatic N) is 1. The highest BCUT2D eigenvalue weighted by Crippen LogP contribution is 2.43. The van der Waals surface area contributed by atoms with E-state index in [2.05, 4.69) is 28.2 Å². The molecule has 1 unspecified atom stereocenters. The predicted octanol–water partition coefficient (Wildman–Crippen LogP) is 4.05. The fourth-order valence-electron chi connectivity index (χ4n) is 3.22. The average Bonchev–Trinajstić information content (AvgIpc) is 3.22. The fourth-order valence-corrected chi connectivity index (χ4v) is 3.58. The van der Waals surface area contributed by atoms with Crippen molar-refractivity contribution in [3.8, 4) is 0 Å². The van der Waals surface area contributed by atoms with E-state index in [0.717, 1.165) is 6.54 Å². The summed E-state index contributed by atoms with van der Waals surface area (Å²) in [5.41, 5.74) is -0.343. The SMILES string of the molecule is CC1(C2CC2)CN(c2ccc(Br)cc2C(F)(F)F)CCN1. The van der Waals surface area contributed by atoms with E-state index in [1.165, 1.54) is 18.9 Å². The zero-order valence-electron chi connectivity index (χ0n) is 11.8. The monoisotopic (exact) mass is 362 g/mol. The van der Waals surface area contributed by atoms with Gasteiger partial charge in [-0.1, -0.05) is 15.9 Å². The van der Waals surface area contributed by atoms with Crippen molar-refractivity contribution in [2.75, 3.05) is 24.5 Å². The molecule has 3 rings (SSSR count). The van der Waals surface area contributed by atoms with Crippen LogP contribution < -0.4 is 10.2 Å². The zero-order chi connectivity index (χ0) is 15.3. The molecule has 2 nitrogen and oxygen atoms in total. The quantitative estimate of drug-likeness (QED) is 0.853. The third-order valence-electron chi connectivity index (χ3n) is 4.51. The molecule has 0 radical (unpaired) electrons. The van der Waals surface area contributed by atoms with Crippen molar-refractivity contribution in [2.24, 2.45) is 5.92 Å². The summed E-state index contributed by atoms with van der Waals surface area (Å²) in [6.07, 6.45) is -1.99. The molecule has 1 N–H and O–H groups in total. The number of nitrogens with one attached hydrogen (secondary N) is 1. The number of rotatable bonds is 2. The van der Waals surface area contributed by atoms with Crippen LogP contribution in [0.2, 0.25) is 0 Å². The van der Waals surface area contributed by atoms with Gasteiger partial charge >= 0.3 is 6.18 Å². The van der Waals surface area contributed by atoms with Crippen LogP contribution in [0, 0.1) is 5.92 Å². The van der Waals surface area contributed by atoms with Gasteiger partial charge < -0.3 is 10.2 Å². The largest absolute Gasteiger partial charge is 0.418 e. The van der Waals surface area contributed by atoms with Gasteiger partial charge in [0.25, 0.3) is 0 Å². The number of anilines is 1. The maximum Gasteiger partial charge on any atom is 0.418 e. The molecule has 0 bridgehead atoms. The summed E-state index contributed by atoms with van der Waals surface area (Å²) in [5.74, 6) is 0.588. The minimum Gasteiger partial charge on any atom is -0.368 e. The third-order valence-corrected chi connectivity index (χ3v) is 5.01. The lowest BCUT2D eigenvalue weighted by Crippen LogP contribution is -2.60. The predicted molar refractivity (Wildman–Crippen MR) is 80.5 cm³/mol. The van der Waals surface area contributed by atoms with Gasteiger partial charge in [0.15, 0.2) is 0 Å². The molecular formula is C15H18BrF3N2. The van der Waals surface area contributed by atoms with Gasteiger partial charge in [0, 0.05) is 35.3 Å². The van der Waals surface area contributed by atoms with E-state index in [1.54, 1.807) is 12.1 Å². The van der Waals surface area contributed by atoms with Crippen LogP contribution in [-0.4, -0.2) is 25.2 Å². The smallest absolute Gasteiger partial charge is 0.368 e. The Morgan fingerprint density at radius 1 is 1.33 bits per heavy atom. The van der Waals surface area contributed by atoms with Gasteiger partial charge in [0.1, 0.15) is 0 Å². The van der Waals surface area contributed by atoms with Crippen molar-refractivity contribution >= 4 is 21.6 Å². The van der Waals surface area contributed by atoms with Crippen molar-refractivity contribution < 1.29 is 13.2 Å². The summed E-state index contributed by atoms with van der Waals surface area (Å²) < 4.78 is 40.3. The Labute approximate surface area is 130 Å². The Hall–Kier alpha value is -0.750. The highest BCUT2D eigenvalue weighted by atomic mass is 79.9. The summed E-state index contributed by atoms with van der Waals surface area (Å²) in [6, 6.07) is 4.43. The molecule has 1 heterocycles. The maximum atomic E-state index is 13.3. The second-order valence-electron chi connectivity index (χ2n) is 6.20. The second kappa shape index (κ2) is 5.16. The average molecular weight is 363 g/mol. The van der Waals surface area contributed by atoms with Crippen LogP contribution in [-0.2, 0) is 6.18 Å². The molecule has 2 aliphatic rings. The molecule has 21 heavy (non-hydrogen) atoms. The molecule has 116 valence electrons. The lowest BCUT2D eigenvalue weighted by molar-refractivity contribution is -0.137. The molecule has 1 aromatic carbocycles. The summed E-state index contributed by atoms with van der Waals surface area (Å²) in [7, 11) is 0. The number of halogens is 4. The van der Waals surface area contributed by atoms with E-state index >= 15 is 0 Å². The Balaban J connectivity index is 1.92. The first kappa shape index (κ1) is 15.2. The van der Waals surface area contributed by atoms with E-state index in [0.29, 0.717) is 29.2 Å². The first-order valence-corrected chi connectivity index (χ1v) is 7.96. The van der Waals surface area contributed by atoms with E-state index in [9.17, 15) is 13.2 Å². The van der Waals surface area contributed by atoms with Crippen LogP contribution in [0.25, 0.3) is 0 Å². The molecule has 1 aliphatic carbocycles. The molecule has 1 atom stereocenters. The minimum atomic E-state index is -4.33. The Kier molecular flexibility index (Phi) is 3.72. The Morgan fingerprint density at radius 3 is 2.67 bits per heavy atom. The summed E-state index contributed by atoms with van der Waals surface area (Å²) in [4.78, 5) is 1.88. The molecule has 2 fully saturated rings. The second-order valence-corrected chi connectivity index (χ2v) is 7.11. The highest BCUT2D eigenvalue weighted by molar-refractivity contribution is 9.10. The molecule has 1 aromatic rings. The Morgan fingerprint density at radius 2 is 2.05 bits per heavy atom. The minimum absolute atomic E-state index is 0.0752. The molecular weight excluding hydrogens is 345 g/mol. The first-order chi connectivity index (χ1) is 9.79. The number of alkyl halides is 3. The molecule has 6 heteroatoms. The van der Waals surface area contributed by atoms with Crippen molar-refractivity contribution in [3.05, 3.63) is 28.2 Å². The molecule has 0 aromatic heterocycles. The first-order valence-electron chi connectivity index (χ1n) is 7.16. The summed E-state index contributed by atoms with van der Waals surface area (Å²) in [6.45, 7) is 4.08. The van der Waals surface area contributed by atoms with Crippen molar-refractivity contribution in [3.63, 3.8) is 0 Å². The van der Waals surface area contributed by atoms with Crippen molar-refractivity contribution in [2.45, 2.75) is 31.5 Å². The van der Waals surface area contributed by atoms with Crippen LogP contribution in [0.1, 0.15) is 25.3 Å². The summed E-state index contributed by atoms with van der Waals surface area (Å²) in [5, 5.41) is 3.49. The van der Waals surface area contributed by atoms with Gasteiger partial charge in [0.05, 0.1) is 5.56 Å². The number of benzene rings is 1. The molecule has 1 aliphatic heterocycles. The van der Waals surface area contributed by atoms with Crippen LogP contribution in [0.3, 0.4) is 0 Å². The molecule has 0 spiro atoms. The number of hydrogen-bond donors (Lipinski definition) is 1. The van der Waals surface area contributed by atoms with Gasteiger partial charge in [-0.25, -0.2) is 0 Å². The van der Waals surface area contributed by atoms with Crippen LogP contribution in [0.5, 0.6) is 0 Å². The van der Waals surface area contributed by atoms with Gasteiger partial charge in [0.2, 0.25) is 0 Å². The fraction of sp³-hybridized carbons (Fsp3) is 0.600. The van der Waals surface area contributed by atoms with Gasteiger partial charge in [-0.05, 0) is 43.9 Å². The lowest BCUT2D eigenvalue weighted by Gasteiger charge is -2.43. The standard InChI is InChI=1S/C15H18BrF3N2/c1-14(10-2-3-10)9-21(7-6-20-14)13-5-4-11(16)8-12(13)15(17,18)19/h4-5,8,10,20H,2-3,6-7,9H2,1H3. The van der Waals surface area contributed by atoms with E-state index < -0.39 is 11.7 Å². The van der Waals surface area contributed by atoms with Crippen LogP contribution >= 0.6 is 15.9 Å². The number of hydrogen-bond acceptors (Lipinski definition) is 2. The van der Waals surface area contributed by atoms with Crippen molar-refractivity contribution in [1.29, 1.82) is 0 Å². The lowest BCUT2D eigenvalue weighted by atomic mass is 9.92. The highest BCUT2D eigenvalue weighted by Gasteiger charge is 2.45. The van der Waals surface area contributed by atoms with E-state index in [4.69, 9.17) is 0 Å². The summed E-state index contributed by atoms with van der Waals surface area (Å²) >= 11 is 3.14. The molecule has 0 amide bonds. The zero-order valence-corrected chi connectivity index (χ0v) is 13.4. The number of piperazine rings is 1. The van der Waals surface area contributed by atoms with Crippen LogP contribution in [0.4, 0.5) is 18.9 Å². The van der Waals surface area contributed by atoms with Crippen LogP contribution in [0.15, 0.2) is 22.7 Å². The maximum absolute atomic E-state index is 13.3. The topological polar surface area (TPSA) is 15.3 Å². The van der Waals surface area contributed by atoms with Crippen molar-refractivity contribution in [1.82, 2.24) is 5.32 Å². The van der Waals surface area contributed by atoms with Gasteiger partial charge in [-0.3, -0.25) is 0 Å². The normalized spacial score (nSPS) is 27.0. The van der Waals surface area contributed by atoms with E-state index in [-0.39, 0.29) is 5.54 Å². The molecule has 1 saturated carbocycles. The van der Waals surface area contributed by atoms with E-state index in [1.807, 2.05) is 4.90 Å². The van der Waals surface area contributed by atoms with Gasteiger partial charge in [-0.15, -0.1) is 0 Å². The Bertz CT molecular complexity index is 542. The third kappa shape index (κ3) is 3.06.